The number of phenols is 1. The lowest BCUT2D eigenvalue weighted by atomic mass is 10.1. The van der Waals surface area contributed by atoms with Gasteiger partial charge in [0.25, 0.3) is 5.91 Å². The maximum atomic E-state index is 12.4. The number of para-hydroxylation sites is 2. The molecule has 0 bridgehead atoms. The van der Waals surface area contributed by atoms with Crippen molar-refractivity contribution >= 4 is 11.6 Å². The molecule has 0 radical (unpaired) electrons. The van der Waals surface area contributed by atoms with Crippen LogP contribution in [0.15, 0.2) is 42.5 Å². The second-order valence-electron chi connectivity index (χ2n) is 4.46. The number of anilines is 1. The minimum atomic E-state index is -0.353. The maximum Gasteiger partial charge on any atom is 0.261 e. The third-order valence-electron chi connectivity index (χ3n) is 3.16. The SMILES string of the molecule is Cc1cccc(C(=O)N(C)c2ccccc2C#N)c1O. The molecule has 0 aliphatic rings. The number of hydrogen-bond donors (Lipinski definition) is 1. The van der Waals surface area contributed by atoms with E-state index in [0.29, 0.717) is 16.8 Å². The Kier molecular flexibility index (Phi) is 3.72. The van der Waals surface area contributed by atoms with Crippen molar-refractivity contribution in [2.75, 3.05) is 11.9 Å². The lowest BCUT2D eigenvalue weighted by Gasteiger charge is -2.19. The standard InChI is InChI=1S/C16H14N2O2/c1-11-6-5-8-13(15(11)19)16(20)18(2)14-9-4-3-7-12(14)10-17/h3-9,19H,1-2H3. The zero-order valence-corrected chi connectivity index (χ0v) is 11.3. The van der Waals surface area contributed by atoms with E-state index in [2.05, 4.69) is 6.07 Å². The Morgan fingerprint density at radius 3 is 2.60 bits per heavy atom. The van der Waals surface area contributed by atoms with Gasteiger partial charge in [0.2, 0.25) is 0 Å². The van der Waals surface area contributed by atoms with Crippen LogP contribution >= 0.6 is 0 Å². The molecule has 0 saturated heterocycles. The van der Waals surface area contributed by atoms with Crippen LogP contribution in [0.25, 0.3) is 0 Å². The van der Waals surface area contributed by atoms with Gasteiger partial charge in [-0.15, -0.1) is 0 Å². The summed E-state index contributed by atoms with van der Waals surface area (Å²) in [4.78, 5) is 13.8. The van der Waals surface area contributed by atoms with Crippen molar-refractivity contribution in [2.45, 2.75) is 6.92 Å². The van der Waals surface area contributed by atoms with Crippen LogP contribution < -0.4 is 4.90 Å². The smallest absolute Gasteiger partial charge is 0.261 e. The van der Waals surface area contributed by atoms with Gasteiger partial charge in [-0.2, -0.15) is 5.26 Å². The van der Waals surface area contributed by atoms with Crippen molar-refractivity contribution < 1.29 is 9.90 Å². The van der Waals surface area contributed by atoms with Gasteiger partial charge in [0, 0.05) is 7.05 Å². The number of aromatic hydroxyl groups is 1. The van der Waals surface area contributed by atoms with Crippen LogP contribution in [0.3, 0.4) is 0 Å². The summed E-state index contributed by atoms with van der Waals surface area (Å²) in [6.07, 6.45) is 0. The molecule has 0 atom stereocenters. The summed E-state index contributed by atoms with van der Waals surface area (Å²) in [6.45, 7) is 1.73. The van der Waals surface area contributed by atoms with Crippen molar-refractivity contribution in [3.63, 3.8) is 0 Å². The Labute approximate surface area is 117 Å². The van der Waals surface area contributed by atoms with E-state index < -0.39 is 0 Å². The first-order valence-corrected chi connectivity index (χ1v) is 6.12. The van der Waals surface area contributed by atoms with E-state index in [9.17, 15) is 9.90 Å². The Hall–Kier alpha value is -2.80. The Morgan fingerprint density at radius 1 is 1.20 bits per heavy atom. The average molecular weight is 266 g/mol. The Bertz CT molecular complexity index is 702. The van der Waals surface area contributed by atoms with E-state index in [1.807, 2.05) is 0 Å². The second-order valence-corrected chi connectivity index (χ2v) is 4.46. The first-order valence-electron chi connectivity index (χ1n) is 6.12. The van der Waals surface area contributed by atoms with Crippen LogP contribution in [-0.2, 0) is 0 Å². The first kappa shape index (κ1) is 13.6. The summed E-state index contributed by atoms with van der Waals surface area (Å²) in [5.74, 6) is -0.382. The van der Waals surface area contributed by atoms with Crippen LogP contribution in [-0.4, -0.2) is 18.1 Å². The normalized spacial score (nSPS) is 9.85. The van der Waals surface area contributed by atoms with Crippen LogP contribution in [0.5, 0.6) is 5.75 Å². The molecule has 1 N–H and O–H groups in total. The molecule has 0 heterocycles. The quantitative estimate of drug-likeness (QED) is 0.909. The van der Waals surface area contributed by atoms with Gasteiger partial charge >= 0.3 is 0 Å². The number of rotatable bonds is 2. The van der Waals surface area contributed by atoms with Crippen molar-refractivity contribution in [3.8, 4) is 11.8 Å². The zero-order chi connectivity index (χ0) is 14.7. The highest BCUT2D eigenvalue weighted by molar-refractivity contribution is 6.08. The highest BCUT2D eigenvalue weighted by Crippen LogP contribution is 2.26. The van der Waals surface area contributed by atoms with E-state index in [-0.39, 0.29) is 17.2 Å². The van der Waals surface area contributed by atoms with E-state index >= 15 is 0 Å². The van der Waals surface area contributed by atoms with E-state index in [4.69, 9.17) is 5.26 Å². The lowest BCUT2D eigenvalue weighted by molar-refractivity contribution is 0.0990. The van der Waals surface area contributed by atoms with Crippen LogP contribution in [0.4, 0.5) is 5.69 Å². The lowest BCUT2D eigenvalue weighted by Crippen LogP contribution is -2.27. The monoisotopic (exact) mass is 266 g/mol. The molecule has 2 aromatic rings. The topological polar surface area (TPSA) is 64.3 Å². The van der Waals surface area contributed by atoms with Crippen LogP contribution in [0, 0.1) is 18.3 Å². The molecular weight excluding hydrogens is 252 g/mol. The van der Waals surface area contributed by atoms with Crippen molar-refractivity contribution in [1.29, 1.82) is 5.26 Å². The fraction of sp³-hybridized carbons (Fsp3) is 0.125. The van der Waals surface area contributed by atoms with Gasteiger partial charge in [0.1, 0.15) is 11.8 Å². The molecule has 0 unspecified atom stereocenters. The predicted molar refractivity (Wildman–Crippen MR) is 76.7 cm³/mol. The maximum absolute atomic E-state index is 12.4. The molecule has 2 rings (SSSR count). The predicted octanol–water partition coefficient (Wildman–Crippen LogP) is 2.85. The van der Waals surface area contributed by atoms with Gasteiger partial charge in [-0.1, -0.05) is 24.3 Å². The van der Waals surface area contributed by atoms with Crippen molar-refractivity contribution in [2.24, 2.45) is 0 Å². The van der Waals surface area contributed by atoms with E-state index in [1.54, 1.807) is 56.4 Å². The molecule has 0 aliphatic heterocycles. The summed E-state index contributed by atoms with van der Waals surface area (Å²) in [6, 6.07) is 13.9. The Balaban J connectivity index is 2.44. The fourth-order valence-corrected chi connectivity index (χ4v) is 1.98. The number of nitriles is 1. The molecule has 0 aliphatic carbocycles. The molecule has 0 fully saturated rings. The average Bonchev–Trinajstić information content (AvgIpc) is 2.48. The number of nitrogens with zero attached hydrogens (tertiary/aromatic N) is 2. The Morgan fingerprint density at radius 2 is 1.90 bits per heavy atom. The number of carbonyl (C=O) groups excluding carboxylic acids is 1. The summed E-state index contributed by atoms with van der Waals surface area (Å²) < 4.78 is 0. The molecule has 4 nitrogen and oxygen atoms in total. The number of carbonyl (C=O) groups is 1. The third-order valence-corrected chi connectivity index (χ3v) is 3.16. The van der Waals surface area contributed by atoms with Crippen LogP contribution in [0.1, 0.15) is 21.5 Å². The fourth-order valence-electron chi connectivity index (χ4n) is 1.98. The summed E-state index contributed by atoms with van der Waals surface area (Å²) in [7, 11) is 1.58. The van der Waals surface area contributed by atoms with Gasteiger partial charge in [0.15, 0.2) is 0 Å². The van der Waals surface area contributed by atoms with Gasteiger partial charge < -0.3 is 10.0 Å². The van der Waals surface area contributed by atoms with Gasteiger partial charge in [0.05, 0.1) is 16.8 Å². The number of amides is 1. The zero-order valence-electron chi connectivity index (χ0n) is 11.3. The molecular formula is C16H14N2O2. The number of phenolic OH excluding ortho intramolecular Hbond substituents is 1. The van der Waals surface area contributed by atoms with Gasteiger partial charge in [-0.3, -0.25) is 4.79 Å². The molecule has 1 amide bonds. The summed E-state index contributed by atoms with van der Waals surface area (Å²) in [5, 5.41) is 19.1. The molecule has 20 heavy (non-hydrogen) atoms. The first-order chi connectivity index (χ1) is 9.56. The molecule has 2 aromatic carbocycles. The molecule has 0 spiro atoms. The van der Waals surface area contributed by atoms with E-state index in [0.717, 1.165) is 0 Å². The highest BCUT2D eigenvalue weighted by atomic mass is 16.3. The summed E-state index contributed by atoms with van der Waals surface area (Å²) in [5.41, 5.74) is 1.79. The largest absolute Gasteiger partial charge is 0.507 e. The number of benzene rings is 2. The minimum absolute atomic E-state index is 0.0289. The third kappa shape index (κ3) is 2.34. The van der Waals surface area contributed by atoms with Crippen molar-refractivity contribution in [1.82, 2.24) is 0 Å². The van der Waals surface area contributed by atoms with Gasteiger partial charge in [-0.25, -0.2) is 0 Å². The number of hydrogen-bond acceptors (Lipinski definition) is 3. The molecule has 0 saturated carbocycles. The van der Waals surface area contributed by atoms with Gasteiger partial charge in [-0.05, 0) is 30.7 Å². The summed E-state index contributed by atoms with van der Waals surface area (Å²) >= 11 is 0. The molecule has 0 aromatic heterocycles. The highest BCUT2D eigenvalue weighted by Gasteiger charge is 2.19. The van der Waals surface area contributed by atoms with E-state index in [1.165, 1.54) is 4.90 Å². The molecule has 4 heteroatoms. The van der Waals surface area contributed by atoms with Crippen LogP contribution in [0.2, 0.25) is 0 Å². The molecule has 100 valence electrons. The number of aryl methyl sites for hydroxylation is 1. The van der Waals surface area contributed by atoms with Crippen molar-refractivity contribution in [3.05, 3.63) is 59.2 Å². The minimum Gasteiger partial charge on any atom is -0.507 e. The second kappa shape index (κ2) is 5.45.